The summed E-state index contributed by atoms with van der Waals surface area (Å²) in [5.41, 5.74) is -0.480. The maximum atomic E-state index is 13.3. The molecule has 0 unspecified atom stereocenters. The van der Waals surface area contributed by atoms with Crippen molar-refractivity contribution in [3.63, 3.8) is 0 Å². The van der Waals surface area contributed by atoms with E-state index in [9.17, 15) is 41.7 Å². The molecule has 0 bridgehead atoms. The lowest BCUT2D eigenvalue weighted by atomic mass is 10.0. The molecule has 1 aromatic rings. The molecule has 8 nitrogen and oxygen atoms in total. The van der Waals surface area contributed by atoms with Crippen molar-refractivity contribution in [3.05, 3.63) is 33.9 Å². The molecule has 1 amide bonds. The number of ether oxygens (including phenoxy) is 1. The Balaban J connectivity index is 3.25. The van der Waals surface area contributed by atoms with Gasteiger partial charge in [0.15, 0.2) is 5.75 Å². The lowest BCUT2D eigenvalue weighted by Gasteiger charge is -2.23. The molecule has 0 aliphatic rings. The second kappa shape index (κ2) is 10.2. The van der Waals surface area contributed by atoms with Crippen molar-refractivity contribution in [2.75, 3.05) is 6.61 Å². The number of alkyl halides is 5. The summed E-state index contributed by atoms with van der Waals surface area (Å²) in [6.07, 6.45) is -6.49. The van der Waals surface area contributed by atoms with Crippen molar-refractivity contribution in [2.24, 2.45) is 0 Å². The van der Waals surface area contributed by atoms with Gasteiger partial charge in [0, 0.05) is 12.5 Å². The number of hydrogen-bond donors (Lipinski definition) is 1. The van der Waals surface area contributed by atoms with E-state index in [2.05, 4.69) is 0 Å². The Morgan fingerprint density at radius 1 is 1.19 bits per heavy atom. The highest BCUT2D eigenvalue weighted by molar-refractivity contribution is 6.70. The topological polar surface area (TPSA) is 108 Å². The summed E-state index contributed by atoms with van der Waals surface area (Å²) in [6.45, 7) is 6.77. The number of nitro benzene ring substituents is 1. The van der Waals surface area contributed by atoms with Crippen LogP contribution in [0.15, 0.2) is 18.2 Å². The monoisotopic (exact) mass is 486 g/mol. The van der Waals surface area contributed by atoms with Gasteiger partial charge in [0.25, 0.3) is 0 Å². The molecule has 32 heavy (non-hydrogen) atoms. The first kappa shape index (κ1) is 27.3. The van der Waals surface area contributed by atoms with Crippen LogP contribution in [0, 0.1) is 10.1 Å². The Kier molecular flexibility index (Phi) is 8.71. The average molecular weight is 486 g/mol. The van der Waals surface area contributed by atoms with Gasteiger partial charge >= 0.3 is 29.7 Å². The number of carbonyl (C=O) groups excluding carboxylic acids is 2. The summed E-state index contributed by atoms with van der Waals surface area (Å²) in [7, 11) is -2.24. The lowest BCUT2D eigenvalue weighted by Crippen LogP contribution is -2.55. The molecule has 1 N–H and O–H groups in total. The van der Waals surface area contributed by atoms with E-state index in [1.807, 2.05) is 0 Å². The first-order valence-corrected chi connectivity index (χ1v) is 12.8. The van der Waals surface area contributed by atoms with Crippen LogP contribution < -0.4 is 9.74 Å². The van der Waals surface area contributed by atoms with E-state index in [-0.39, 0.29) is 17.9 Å². The highest BCUT2D eigenvalue weighted by atomic mass is 28.4. The summed E-state index contributed by atoms with van der Waals surface area (Å²) in [5.74, 6) is -9.81. The normalized spacial score (nSPS) is 13.3. The molecule has 14 heteroatoms. The zero-order valence-corrected chi connectivity index (χ0v) is 18.7. The third-order valence-corrected chi connectivity index (χ3v) is 4.59. The van der Waals surface area contributed by atoms with Gasteiger partial charge in [-0.25, -0.2) is 4.79 Å². The van der Waals surface area contributed by atoms with Crippen LogP contribution in [-0.4, -0.2) is 49.9 Å². The molecule has 0 heterocycles. The zero-order chi connectivity index (χ0) is 24.9. The zero-order valence-electron chi connectivity index (χ0n) is 17.7. The van der Waals surface area contributed by atoms with Gasteiger partial charge in [-0.3, -0.25) is 14.9 Å². The Labute approximate surface area is 181 Å². The smallest absolute Gasteiger partial charge is 0.463 e. The number of carbonyl (C=O) groups is 2. The van der Waals surface area contributed by atoms with Crippen molar-refractivity contribution < 1.29 is 45.6 Å². The molecule has 0 saturated carbocycles. The predicted molar refractivity (Wildman–Crippen MR) is 105 cm³/mol. The van der Waals surface area contributed by atoms with Crippen LogP contribution in [0.25, 0.3) is 0 Å². The number of nitrogens with zero attached hydrogens (tertiary/aromatic N) is 1. The molecule has 0 spiro atoms. The SMILES string of the molecule is CCCOC(=O)[C@H](Cc1ccc(O[Si](C)(C)C)c([N+](=O)[O-])c1)NC(=O)C(F)(F)C(F)(F)F. The van der Waals surface area contributed by atoms with E-state index in [0.29, 0.717) is 6.42 Å². The van der Waals surface area contributed by atoms with Gasteiger partial charge in [-0.15, -0.1) is 0 Å². The molecule has 0 aromatic heterocycles. The number of rotatable bonds is 10. The Morgan fingerprint density at radius 3 is 2.25 bits per heavy atom. The maximum absolute atomic E-state index is 13.3. The molecule has 1 aromatic carbocycles. The standard InChI is InChI=1S/C18H23F5N2O6Si/c1-5-8-30-15(26)12(24-16(27)17(19,20)18(21,22)23)9-11-6-7-14(31-32(2,3)4)13(10-11)25(28)29/h6-7,10,12H,5,8-9H2,1-4H3,(H,24,27)/t12-/m0/s1. The number of amides is 1. The summed E-state index contributed by atoms with van der Waals surface area (Å²) in [4.78, 5) is 34.4. The lowest BCUT2D eigenvalue weighted by molar-refractivity contribution is -0.385. The highest BCUT2D eigenvalue weighted by Gasteiger charge is 2.63. The summed E-state index contributed by atoms with van der Waals surface area (Å²) >= 11 is 0. The molecular formula is C18H23F5N2O6Si. The van der Waals surface area contributed by atoms with E-state index in [4.69, 9.17) is 9.16 Å². The van der Waals surface area contributed by atoms with Crippen molar-refractivity contribution in [1.82, 2.24) is 5.32 Å². The van der Waals surface area contributed by atoms with E-state index in [1.165, 1.54) is 17.4 Å². The molecular weight excluding hydrogens is 463 g/mol. The maximum Gasteiger partial charge on any atom is 0.463 e. The molecule has 1 atom stereocenters. The van der Waals surface area contributed by atoms with E-state index in [1.54, 1.807) is 26.6 Å². The van der Waals surface area contributed by atoms with Gasteiger partial charge in [-0.2, -0.15) is 22.0 Å². The number of hydrogen-bond acceptors (Lipinski definition) is 6. The predicted octanol–water partition coefficient (Wildman–Crippen LogP) is 3.99. The molecule has 0 radical (unpaired) electrons. The van der Waals surface area contributed by atoms with E-state index in [0.717, 1.165) is 6.07 Å². The first-order valence-electron chi connectivity index (χ1n) is 9.38. The molecule has 0 fully saturated rings. The quantitative estimate of drug-likeness (QED) is 0.176. The van der Waals surface area contributed by atoms with Gasteiger partial charge in [0.2, 0.25) is 8.32 Å². The summed E-state index contributed by atoms with van der Waals surface area (Å²) in [5, 5.41) is 12.7. The fourth-order valence-electron chi connectivity index (χ4n) is 2.36. The van der Waals surface area contributed by atoms with Crippen LogP contribution in [0.4, 0.5) is 27.6 Å². The number of esters is 1. The van der Waals surface area contributed by atoms with Crippen LogP contribution in [-0.2, 0) is 20.7 Å². The second-order valence-electron chi connectivity index (χ2n) is 7.74. The minimum atomic E-state index is -6.18. The van der Waals surface area contributed by atoms with Crippen LogP contribution in [0.2, 0.25) is 19.6 Å². The Morgan fingerprint density at radius 2 is 1.78 bits per heavy atom. The second-order valence-corrected chi connectivity index (χ2v) is 12.2. The fraction of sp³-hybridized carbons (Fsp3) is 0.556. The fourth-order valence-corrected chi connectivity index (χ4v) is 3.19. The van der Waals surface area contributed by atoms with Gasteiger partial charge in [0.1, 0.15) is 6.04 Å². The molecule has 1 rings (SSSR count). The first-order chi connectivity index (χ1) is 14.5. The summed E-state index contributed by atoms with van der Waals surface area (Å²) in [6, 6.07) is 1.55. The molecule has 180 valence electrons. The Bertz CT molecular complexity index is 857. The molecule has 0 aliphatic carbocycles. The van der Waals surface area contributed by atoms with Crippen molar-refractivity contribution in [1.29, 1.82) is 0 Å². The number of nitrogens with one attached hydrogen (secondary N) is 1. The van der Waals surface area contributed by atoms with Crippen molar-refractivity contribution in [2.45, 2.75) is 57.5 Å². The van der Waals surface area contributed by atoms with Gasteiger partial charge in [-0.05, 0) is 37.7 Å². The van der Waals surface area contributed by atoms with E-state index >= 15 is 0 Å². The van der Waals surface area contributed by atoms with Crippen LogP contribution in [0.3, 0.4) is 0 Å². The number of nitro groups is 1. The number of halogens is 5. The van der Waals surface area contributed by atoms with Crippen molar-refractivity contribution >= 4 is 25.9 Å². The number of benzene rings is 1. The summed E-state index contributed by atoms with van der Waals surface area (Å²) < 4.78 is 74.4. The highest BCUT2D eigenvalue weighted by Crippen LogP contribution is 2.36. The minimum absolute atomic E-state index is 0.00805. The molecule has 0 aliphatic heterocycles. The van der Waals surface area contributed by atoms with E-state index < -0.39 is 55.4 Å². The van der Waals surface area contributed by atoms with Crippen LogP contribution >= 0.6 is 0 Å². The van der Waals surface area contributed by atoms with Gasteiger partial charge in [0.05, 0.1) is 11.5 Å². The van der Waals surface area contributed by atoms with Gasteiger partial charge in [-0.1, -0.05) is 13.0 Å². The third-order valence-electron chi connectivity index (χ3n) is 3.76. The van der Waals surface area contributed by atoms with Crippen LogP contribution in [0.1, 0.15) is 18.9 Å². The van der Waals surface area contributed by atoms with Crippen LogP contribution in [0.5, 0.6) is 5.75 Å². The average Bonchev–Trinajstić information content (AvgIpc) is 2.64. The van der Waals surface area contributed by atoms with Gasteiger partial charge < -0.3 is 14.5 Å². The third kappa shape index (κ3) is 7.42. The molecule has 0 saturated heterocycles. The van der Waals surface area contributed by atoms with Crippen molar-refractivity contribution in [3.8, 4) is 5.75 Å². The Hall–Kier alpha value is -2.77. The largest absolute Gasteiger partial charge is 0.540 e. The minimum Gasteiger partial charge on any atom is -0.540 e.